The van der Waals surface area contributed by atoms with Crippen LogP contribution in [0.25, 0.3) is 0 Å². The summed E-state index contributed by atoms with van der Waals surface area (Å²) in [6.07, 6.45) is 0. The molecule has 2 aliphatic rings. The maximum atomic E-state index is 12.5. The van der Waals surface area contributed by atoms with Crippen molar-refractivity contribution in [2.75, 3.05) is 37.7 Å². The number of halogens is 1. The molecule has 1 atom stereocenters. The zero-order chi connectivity index (χ0) is 15.7. The lowest BCUT2D eigenvalue weighted by atomic mass is 10.2. The number of ether oxygens (including phenoxy) is 1. The van der Waals surface area contributed by atoms with Crippen molar-refractivity contribution in [3.05, 3.63) is 22.7 Å². The molecule has 0 spiro atoms. The SMILES string of the molecule is CC1CN(C(=O)CN2C(=O)COc3cc(Br)ccc32)CCN1. The highest BCUT2D eigenvalue weighted by atomic mass is 79.9. The molecule has 1 fully saturated rings. The first kappa shape index (κ1) is 15.3. The fraction of sp³-hybridized carbons (Fsp3) is 0.467. The third-order valence-electron chi connectivity index (χ3n) is 3.88. The van der Waals surface area contributed by atoms with Gasteiger partial charge < -0.3 is 15.0 Å². The van der Waals surface area contributed by atoms with E-state index in [1.165, 1.54) is 4.90 Å². The van der Waals surface area contributed by atoms with E-state index in [0.29, 0.717) is 24.5 Å². The van der Waals surface area contributed by atoms with Crippen LogP contribution in [-0.4, -0.2) is 55.5 Å². The molecule has 0 radical (unpaired) electrons. The summed E-state index contributed by atoms with van der Waals surface area (Å²) in [5.74, 6) is 0.402. The van der Waals surface area contributed by atoms with Crippen molar-refractivity contribution in [1.29, 1.82) is 0 Å². The minimum absolute atomic E-state index is 0.0301. The zero-order valence-corrected chi connectivity index (χ0v) is 13.9. The standard InChI is InChI=1S/C15H18BrN3O3/c1-10-7-18(5-4-17-10)14(20)8-19-12-3-2-11(16)6-13(12)22-9-15(19)21/h2-3,6,10,17H,4-5,7-9H2,1H3. The number of anilines is 1. The molecule has 2 heterocycles. The number of benzene rings is 1. The molecule has 6 nitrogen and oxygen atoms in total. The molecule has 1 unspecified atom stereocenters. The molecule has 7 heteroatoms. The quantitative estimate of drug-likeness (QED) is 0.846. The summed E-state index contributed by atoms with van der Waals surface area (Å²) in [5, 5.41) is 3.30. The number of nitrogens with one attached hydrogen (secondary N) is 1. The Morgan fingerprint density at radius 1 is 1.50 bits per heavy atom. The number of carbonyl (C=O) groups excluding carboxylic acids is 2. The monoisotopic (exact) mass is 367 g/mol. The van der Waals surface area contributed by atoms with E-state index in [2.05, 4.69) is 21.2 Å². The number of fused-ring (bicyclic) bond motifs is 1. The summed E-state index contributed by atoms with van der Waals surface area (Å²) in [4.78, 5) is 27.9. The van der Waals surface area contributed by atoms with Gasteiger partial charge in [0.15, 0.2) is 6.61 Å². The van der Waals surface area contributed by atoms with E-state index in [1.807, 2.05) is 24.0 Å². The van der Waals surface area contributed by atoms with Gasteiger partial charge in [-0.05, 0) is 25.1 Å². The summed E-state index contributed by atoms with van der Waals surface area (Å²) >= 11 is 3.38. The number of carbonyl (C=O) groups is 2. The van der Waals surface area contributed by atoms with Crippen LogP contribution in [0.3, 0.4) is 0 Å². The number of nitrogens with zero attached hydrogens (tertiary/aromatic N) is 2. The summed E-state index contributed by atoms with van der Waals surface area (Å²) < 4.78 is 6.31. The average Bonchev–Trinajstić information content (AvgIpc) is 2.50. The van der Waals surface area contributed by atoms with Crippen LogP contribution in [0.4, 0.5) is 5.69 Å². The minimum Gasteiger partial charge on any atom is -0.482 e. The lowest BCUT2D eigenvalue weighted by Crippen LogP contribution is -2.54. The van der Waals surface area contributed by atoms with Crippen LogP contribution < -0.4 is 15.0 Å². The Bertz CT molecular complexity index is 608. The van der Waals surface area contributed by atoms with Gasteiger partial charge in [0.1, 0.15) is 12.3 Å². The first-order valence-electron chi connectivity index (χ1n) is 7.28. The van der Waals surface area contributed by atoms with Crippen LogP contribution in [0.5, 0.6) is 5.75 Å². The Labute approximate surface area is 137 Å². The normalized spacial score (nSPS) is 21.4. The first-order valence-corrected chi connectivity index (χ1v) is 8.08. The zero-order valence-electron chi connectivity index (χ0n) is 12.3. The lowest BCUT2D eigenvalue weighted by Gasteiger charge is -2.35. The molecule has 22 heavy (non-hydrogen) atoms. The van der Waals surface area contributed by atoms with Gasteiger partial charge in [0.05, 0.1) is 5.69 Å². The van der Waals surface area contributed by atoms with Gasteiger partial charge in [-0.15, -0.1) is 0 Å². The third-order valence-corrected chi connectivity index (χ3v) is 4.37. The van der Waals surface area contributed by atoms with Gasteiger partial charge in [-0.2, -0.15) is 0 Å². The molecule has 0 aliphatic carbocycles. The molecule has 1 N–H and O–H groups in total. The average molecular weight is 368 g/mol. The van der Waals surface area contributed by atoms with Gasteiger partial charge >= 0.3 is 0 Å². The Morgan fingerprint density at radius 2 is 2.32 bits per heavy atom. The van der Waals surface area contributed by atoms with E-state index in [4.69, 9.17) is 4.74 Å². The van der Waals surface area contributed by atoms with E-state index >= 15 is 0 Å². The number of hydrogen-bond acceptors (Lipinski definition) is 4. The maximum Gasteiger partial charge on any atom is 0.265 e. The summed E-state index contributed by atoms with van der Waals surface area (Å²) in [7, 11) is 0. The smallest absolute Gasteiger partial charge is 0.265 e. The lowest BCUT2D eigenvalue weighted by molar-refractivity contribution is -0.132. The first-order chi connectivity index (χ1) is 10.5. The number of piperazine rings is 1. The molecule has 0 bridgehead atoms. The third kappa shape index (κ3) is 3.10. The second-order valence-electron chi connectivity index (χ2n) is 5.58. The number of amides is 2. The van der Waals surface area contributed by atoms with Crippen LogP contribution in [0.2, 0.25) is 0 Å². The van der Waals surface area contributed by atoms with E-state index in [1.54, 1.807) is 6.07 Å². The van der Waals surface area contributed by atoms with Crippen molar-refractivity contribution in [1.82, 2.24) is 10.2 Å². The fourth-order valence-electron chi connectivity index (χ4n) is 2.75. The van der Waals surface area contributed by atoms with Crippen LogP contribution >= 0.6 is 15.9 Å². The van der Waals surface area contributed by atoms with Crippen LogP contribution in [0.1, 0.15) is 6.92 Å². The van der Waals surface area contributed by atoms with Crippen LogP contribution in [-0.2, 0) is 9.59 Å². The Kier molecular flexibility index (Phi) is 4.35. The van der Waals surface area contributed by atoms with Crippen molar-refractivity contribution in [2.45, 2.75) is 13.0 Å². The predicted molar refractivity (Wildman–Crippen MR) is 86.0 cm³/mol. The van der Waals surface area contributed by atoms with Crippen LogP contribution in [0.15, 0.2) is 22.7 Å². The molecular formula is C15H18BrN3O3. The predicted octanol–water partition coefficient (Wildman–Crippen LogP) is 0.995. The molecule has 1 saturated heterocycles. The Hall–Kier alpha value is -1.60. The Balaban J connectivity index is 1.77. The van der Waals surface area contributed by atoms with E-state index < -0.39 is 0 Å². The molecule has 3 rings (SSSR count). The highest BCUT2D eigenvalue weighted by Gasteiger charge is 2.30. The second-order valence-corrected chi connectivity index (χ2v) is 6.49. The molecular weight excluding hydrogens is 350 g/mol. The van der Waals surface area contributed by atoms with Gasteiger partial charge in [0.25, 0.3) is 5.91 Å². The van der Waals surface area contributed by atoms with Crippen molar-refractivity contribution in [2.24, 2.45) is 0 Å². The van der Waals surface area contributed by atoms with Gasteiger partial charge in [0.2, 0.25) is 5.91 Å². The summed E-state index contributed by atoms with van der Waals surface area (Å²) in [6, 6.07) is 5.72. The van der Waals surface area contributed by atoms with E-state index in [9.17, 15) is 9.59 Å². The minimum atomic E-state index is -0.189. The van der Waals surface area contributed by atoms with Crippen molar-refractivity contribution >= 4 is 33.4 Å². The van der Waals surface area contributed by atoms with Crippen molar-refractivity contribution in [3.8, 4) is 5.75 Å². The molecule has 1 aromatic carbocycles. The number of rotatable bonds is 2. The molecule has 118 valence electrons. The largest absolute Gasteiger partial charge is 0.482 e. The summed E-state index contributed by atoms with van der Waals surface area (Å²) in [6.45, 7) is 4.21. The van der Waals surface area contributed by atoms with Crippen LogP contribution in [0, 0.1) is 0 Å². The molecule has 0 saturated carbocycles. The maximum absolute atomic E-state index is 12.5. The molecule has 2 aliphatic heterocycles. The molecule has 0 aromatic heterocycles. The second kappa shape index (κ2) is 6.26. The highest BCUT2D eigenvalue weighted by Crippen LogP contribution is 2.34. The Morgan fingerprint density at radius 3 is 3.09 bits per heavy atom. The van der Waals surface area contributed by atoms with Crippen molar-refractivity contribution < 1.29 is 14.3 Å². The van der Waals surface area contributed by atoms with Gasteiger partial charge in [-0.3, -0.25) is 14.5 Å². The fourth-order valence-corrected chi connectivity index (χ4v) is 3.09. The number of hydrogen-bond donors (Lipinski definition) is 1. The highest BCUT2D eigenvalue weighted by molar-refractivity contribution is 9.10. The molecule has 1 aromatic rings. The van der Waals surface area contributed by atoms with E-state index in [0.717, 1.165) is 11.0 Å². The summed E-state index contributed by atoms with van der Waals surface area (Å²) in [5.41, 5.74) is 0.649. The topological polar surface area (TPSA) is 61.9 Å². The van der Waals surface area contributed by atoms with Crippen molar-refractivity contribution in [3.63, 3.8) is 0 Å². The van der Waals surface area contributed by atoms with Gasteiger partial charge in [-0.25, -0.2) is 0 Å². The molecule has 2 amide bonds. The van der Waals surface area contributed by atoms with Gasteiger partial charge in [0, 0.05) is 30.1 Å². The van der Waals surface area contributed by atoms with Gasteiger partial charge in [-0.1, -0.05) is 15.9 Å². The van der Waals surface area contributed by atoms with E-state index in [-0.39, 0.29) is 31.0 Å².